The van der Waals surface area contributed by atoms with Crippen LogP contribution in [0.3, 0.4) is 0 Å². The first-order chi connectivity index (χ1) is 4.89. The van der Waals surface area contributed by atoms with Crippen LogP contribution in [0.2, 0.25) is 0 Å². The van der Waals surface area contributed by atoms with Crippen molar-refractivity contribution in [2.75, 3.05) is 28.2 Å². The molecule has 1 saturated heterocycles. The first-order valence-electron chi connectivity index (χ1n) is 3.29. The molecule has 0 N–H and O–H groups in total. The smallest absolute Gasteiger partial charge is 0.243 e. The number of urea groups is 2. The van der Waals surface area contributed by atoms with E-state index >= 15 is 0 Å². The third-order valence-corrected chi connectivity index (χ3v) is 2.07. The minimum absolute atomic E-state index is 0.0324. The van der Waals surface area contributed by atoms with Gasteiger partial charge in [-0.25, -0.2) is 14.5 Å². The fraction of sp³-hybridized carbons (Fsp3) is 0.667. The van der Waals surface area contributed by atoms with Crippen LogP contribution >= 0.6 is 0 Å². The van der Waals surface area contributed by atoms with Crippen molar-refractivity contribution >= 4 is 12.1 Å². The zero-order valence-electron chi connectivity index (χ0n) is 7.16. The maximum absolute atomic E-state index is 11.3. The normalized spacial score (nSPS) is 23.3. The second-order valence-corrected chi connectivity index (χ2v) is 3.04. The van der Waals surface area contributed by atoms with Gasteiger partial charge in [0.25, 0.3) is 0 Å². The van der Waals surface area contributed by atoms with Gasteiger partial charge in [0, 0.05) is 7.05 Å². The molecule has 11 heavy (non-hydrogen) atoms. The van der Waals surface area contributed by atoms with Gasteiger partial charge in [-0.3, -0.25) is 0 Å². The van der Waals surface area contributed by atoms with Gasteiger partial charge in [0.15, 0.2) is 0 Å². The van der Waals surface area contributed by atoms with Gasteiger partial charge in [-0.05, 0) is 0 Å². The fourth-order valence-electron chi connectivity index (χ4n) is 1.01. The van der Waals surface area contributed by atoms with Gasteiger partial charge in [0.2, 0.25) is 0 Å². The molecule has 0 aromatic rings. The van der Waals surface area contributed by atoms with Crippen molar-refractivity contribution in [2.24, 2.45) is 0 Å². The summed E-state index contributed by atoms with van der Waals surface area (Å²) in [6, 6.07) is -0.475. The van der Waals surface area contributed by atoms with Gasteiger partial charge in [0.1, 0.15) is 14.1 Å². The van der Waals surface area contributed by atoms with E-state index < -0.39 is 0 Å². The molecule has 0 spiro atoms. The van der Waals surface area contributed by atoms with Crippen molar-refractivity contribution in [3.05, 3.63) is 0 Å². The van der Waals surface area contributed by atoms with E-state index in [9.17, 15) is 9.59 Å². The van der Waals surface area contributed by atoms with E-state index in [2.05, 4.69) is 0 Å². The highest BCUT2D eigenvalue weighted by molar-refractivity contribution is 5.93. The molecular weight excluding hydrogens is 146 g/mol. The van der Waals surface area contributed by atoms with E-state index in [1.54, 1.807) is 21.1 Å². The number of rotatable bonds is 0. The monoisotopic (exact) mass is 158 g/mol. The predicted octanol–water partition coefficient (Wildman–Crippen LogP) is 0.0950. The number of hydrogen-bond acceptors (Lipinski definition) is 2. The van der Waals surface area contributed by atoms with Crippen molar-refractivity contribution in [3.63, 3.8) is 0 Å². The SMILES string of the molecule is CN1C(=O)N(C)[N+](C)(C)C1=O. The molecule has 0 unspecified atom stereocenters. The van der Waals surface area contributed by atoms with E-state index in [1.165, 1.54) is 12.1 Å². The summed E-state index contributed by atoms with van der Waals surface area (Å²) in [4.78, 5) is 23.5. The maximum Gasteiger partial charge on any atom is 0.451 e. The number of carbonyl (C=O) groups excluding carboxylic acids is 2. The first-order valence-corrected chi connectivity index (χ1v) is 3.29. The van der Waals surface area contributed by atoms with Gasteiger partial charge in [-0.2, -0.15) is 5.01 Å². The Morgan fingerprint density at radius 3 is 1.73 bits per heavy atom. The third kappa shape index (κ3) is 0.808. The molecule has 0 bridgehead atoms. The summed E-state index contributed by atoms with van der Waals surface area (Å²) in [5.74, 6) is 0. The Hall–Kier alpha value is -1.10. The number of hydrogen-bond donors (Lipinski definition) is 0. The molecule has 1 fully saturated rings. The van der Waals surface area contributed by atoms with Crippen LogP contribution < -0.4 is 0 Å². The Balaban J connectivity index is 3.06. The zero-order chi connectivity index (χ0) is 8.81. The lowest BCUT2D eigenvalue weighted by atomic mass is 10.7. The summed E-state index contributed by atoms with van der Waals surface area (Å²) in [6.45, 7) is 0. The fourth-order valence-corrected chi connectivity index (χ4v) is 1.01. The highest BCUT2D eigenvalue weighted by Gasteiger charge is 2.49. The summed E-state index contributed by atoms with van der Waals surface area (Å²) in [5.41, 5.74) is 0. The van der Waals surface area contributed by atoms with E-state index in [0.29, 0.717) is 0 Å². The van der Waals surface area contributed by atoms with Gasteiger partial charge in [0.05, 0.1) is 7.05 Å². The van der Waals surface area contributed by atoms with Crippen LogP contribution in [0, 0.1) is 0 Å². The topological polar surface area (TPSA) is 40.6 Å². The Labute approximate surface area is 65.3 Å². The van der Waals surface area contributed by atoms with Gasteiger partial charge in [-0.15, -0.1) is 4.59 Å². The van der Waals surface area contributed by atoms with Crippen LogP contribution in [0.1, 0.15) is 0 Å². The largest absolute Gasteiger partial charge is 0.451 e. The zero-order valence-corrected chi connectivity index (χ0v) is 7.16. The van der Waals surface area contributed by atoms with E-state index in [0.717, 1.165) is 4.90 Å². The molecule has 5 nitrogen and oxygen atoms in total. The van der Waals surface area contributed by atoms with E-state index in [4.69, 9.17) is 0 Å². The first kappa shape index (κ1) is 8.00. The quantitative estimate of drug-likeness (QED) is 0.469. The van der Waals surface area contributed by atoms with Crippen LogP contribution in [0.4, 0.5) is 9.59 Å². The number of amides is 4. The molecule has 1 heterocycles. The number of imide groups is 1. The van der Waals surface area contributed by atoms with Gasteiger partial charge < -0.3 is 0 Å². The van der Waals surface area contributed by atoms with Crippen molar-refractivity contribution in [1.82, 2.24) is 9.91 Å². The Bertz CT molecular complexity index is 224. The van der Waals surface area contributed by atoms with Gasteiger partial charge in [-0.1, -0.05) is 0 Å². The summed E-state index contributed by atoms with van der Waals surface area (Å²) in [6.07, 6.45) is 0. The van der Waals surface area contributed by atoms with Crippen LogP contribution in [0.25, 0.3) is 0 Å². The maximum atomic E-state index is 11.3. The highest BCUT2D eigenvalue weighted by Crippen LogP contribution is 2.17. The molecule has 1 aliphatic heterocycles. The molecule has 1 rings (SSSR count). The molecular formula is C6H12N3O2+. The Kier molecular flexibility index (Phi) is 1.41. The van der Waals surface area contributed by atoms with E-state index in [1.807, 2.05) is 0 Å². The molecule has 0 radical (unpaired) electrons. The molecule has 62 valence electrons. The lowest BCUT2D eigenvalue weighted by molar-refractivity contribution is -0.907. The van der Waals surface area contributed by atoms with Crippen molar-refractivity contribution < 1.29 is 14.2 Å². The van der Waals surface area contributed by atoms with Crippen LogP contribution in [-0.4, -0.2) is 54.8 Å². The second kappa shape index (κ2) is 1.94. The molecule has 0 atom stereocenters. The summed E-state index contributed by atoms with van der Waals surface area (Å²) >= 11 is 0. The summed E-state index contributed by atoms with van der Waals surface area (Å²) in [5, 5.41) is 1.38. The average Bonchev–Trinajstić information content (AvgIpc) is 2.06. The van der Waals surface area contributed by atoms with Crippen LogP contribution in [0.5, 0.6) is 0 Å². The molecule has 0 saturated carbocycles. The Morgan fingerprint density at radius 2 is 1.64 bits per heavy atom. The number of carbonyl (C=O) groups is 2. The minimum Gasteiger partial charge on any atom is -0.243 e. The van der Waals surface area contributed by atoms with Crippen LogP contribution in [-0.2, 0) is 0 Å². The van der Waals surface area contributed by atoms with Crippen molar-refractivity contribution in [3.8, 4) is 0 Å². The van der Waals surface area contributed by atoms with Crippen molar-refractivity contribution in [2.45, 2.75) is 0 Å². The number of nitrogens with zero attached hydrogens (tertiary/aromatic N) is 3. The molecule has 0 aromatic heterocycles. The third-order valence-electron chi connectivity index (χ3n) is 2.07. The predicted molar refractivity (Wildman–Crippen MR) is 38.4 cm³/mol. The standard InChI is InChI=1S/C6H12N3O2/c1-7-5(10)8(2)9(3,4)6(7)11/h1-4H3/q+1. The summed E-state index contributed by atoms with van der Waals surface area (Å²) < 4.78 is -0.0324. The van der Waals surface area contributed by atoms with Gasteiger partial charge >= 0.3 is 12.1 Å². The van der Waals surface area contributed by atoms with Crippen molar-refractivity contribution in [1.29, 1.82) is 0 Å². The highest BCUT2D eigenvalue weighted by atomic mass is 16.2. The number of quaternary nitrogens is 1. The summed E-state index contributed by atoms with van der Waals surface area (Å²) in [7, 11) is 6.42. The lowest BCUT2D eigenvalue weighted by Crippen LogP contribution is -2.50. The second-order valence-electron chi connectivity index (χ2n) is 3.04. The molecule has 0 aliphatic carbocycles. The molecule has 4 amide bonds. The molecule has 0 aromatic carbocycles. The van der Waals surface area contributed by atoms with Crippen LogP contribution in [0.15, 0.2) is 0 Å². The molecule has 1 aliphatic rings. The lowest BCUT2D eigenvalue weighted by Gasteiger charge is -2.23. The average molecular weight is 158 g/mol. The minimum atomic E-state index is -0.264. The molecule has 5 heteroatoms. The Morgan fingerprint density at radius 1 is 1.18 bits per heavy atom. The van der Waals surface area contributed by atoms with E-state index in [-0.39, 0.29) is 16.7 Å².